The molecule has 8 heteroatoms. The maximum atomic E-state index is 12.4. The third kappa shape index (κ3) is 4.31. The van der Waals surface area contributed by atoms with Crippen molar-refractivity contribution in [2.45, 2.75) is 25.8 Å². The molecule has 0 aliphatic carbocycles. The Balaban J connectivity index is 1.44. The number of halogens is 1. The molecule has 2 aromatic heterocycles. The molecule has 3 heterocycles. The number of aromatic nitrogens is 4. The number of amides is 1. The number of anilines is 1. The number of nitrogens with one attached hydrogen (secondary N) is 1. The number of carbonyl (C=O) groups excluding carboxylic acids is 1. The molecule has 7 nitrogen and oxygen atoms in total. The fourth-order valence-corrected chi connectivity index (χ4v) is 3.47. The molecule has 1 aliphatic heterocycles. The van der Waals surface area contributed by atoms with Gasteiger partial charge in [-0.2, -0.15) is 0 Å². The Bertz CT molecular complexity index is 967. The lowest BCUT2D eigenvalue weighted by Crippen LogP contribution is -2.30. The number of benzene rings is 1. The first-order chi connectivity index (χ1) is 13.7. The minimum Gasteiger partial charge on any atom is -0.356 e. The lowest BCUT2D eigenvalue weighted by atomic mass is 10.1. The van der Waals surface area contributed by atoms with E-state index < -0.39 is 0 Å². The van der Waals surface area contributed by atoms with Gasteiger partial charge in [-0.25, -0.2) is 15.0 Å². The third-order valence-electron chi connectivity index (χ3n) is 4.74. The Morgan fingerprint density at radius 1 is 1.07 bits per heavy atom. The highest BCUT2D eigenvalue weighted by Crippen LogP contribution is 2.19. The molecular formula is C20H21ClN6O. The maximum absolute atomic E-state index is 12.4. The quantitative estimate of drug-likeness (QED) is 0.716. The van der Waals surface area contributed by atoms with E-state index in [9.17, 15) is 4.79 Å². The fourth-order valence-electron chi connectivity index (χ4n) is 3.26. The van der Waals surface area contributed by atoms with Gasteiger partial charge < -0.3 is 10.2 Å². The first kappa shape index (κ1) is 18.4. The summed E-state index contributed by atoms with van der Waals surface area (Å²) in [6, 6.07) is 9.32. The molecule has 1 N–H and O–H groups in total. The fraction of sp³-hybridized carbons (Fsp3) is 0.300. The Morgan fingerprint density at radius 3 is 2.71 bits per heavy atom. The van der Waals surface area contributed by atoms with E-state index in [1.165, 1.54) is 19.3 Å². The SMILES string of the molecule is O=C(NCc1cccc(Cl)c1)c1cn(-c2cc(N3CCCCC3)ncn2)cn1. The standard InChI is InChI=1S/C20H21ClN6O/c21-16-6-4-5-15(9-16)11-22-20(28)17-12-27(14-25-17)19-10-18(23-13-24-19)26-7-2-1-3-8-26/h4-6,9-10,12-14H,1-3,7-8,11H2,(H,22,28). The summed E-state index contributed by atoms with van der Waals surface area (Å²) >= 11 is 5.97. The summed E-state index contributed by atoms with van der Waals surface area (Å²) in [5.74, 6) is 1.35. The molecule has 1 aromatic carbocycles. The van der Waals surface area contributed by atoms with Crippen molar-refractivity contribution in [2.75, 3.05) is 18.0 Å². The normalized spacial score (nSPS) is 14.1. The highest BCUT2D eigenvalue weighted by molar-refractivity contribution is 6.30. The summed E-state index contributed by atoms with van der Waals surface area (Å²) in [4.78, 5) is 27.6. The van der Waals surface area contributed by atoms with E-state index in [0.717, 1.165) is 24.5 Å². The first-order valence-corrected chi connectivity index (χ1v) is 9.71. The third-order valence-corrected chi connectivity index (χ3v) is 4.98. The number of carbonyl (C=O) groups is 1. The summed E-state index contributed by atoms with van der Waals surface area (Å²) in [5.41, 5.74) is 1.27. The molecule has 1 aliphatic rings. The van der Waals surface area contributed by atoms with Gasteiger partial charge in [0.2, 0.25) is 0 Å². The van der Waals surface area contributed by atoms with Gasteiger partial charge >= 0.3 is 0 Å². The minimum absolute atomic E-state index is 0.246. The number of rotatable bonds is 5. The molecule has 0 spiro atoms. The molecule has 0 unspecified atom stereocenters. The van der Waals surface area contributed by atoms with Gasteiger partial charge in [0.1, 0.15) is 30.0 Å². The minimum atomic E-state index is -0.246. The summed E-state index contributed by atoms with van der Waals surface area (Å²) in [6.07, 6.45) is 8.46. The van der Waals surface area contributed by atoms with Gasteiger partial charge in [0.15, 0.2) is 0 Å². The van der Waals surface area contributed by atoms with E-state index >= 15 is 0 Å². The van der Waals surface area contributed by atoms with Crippen LogP contribution in [0.4, 0.5) is 5.82 Å². The van der Waals surface area contributed by atoms with Crippen molar-refractivity contribution >= 4 is 23.3 Å². The van der Waals surface area contributed by atoms with Crippen LogP contribution >= 0.6 is 11.6 Å². The van der Waals surface area contributed by atoms with Gasteiger partial charge in [-0.05, 0) is 37.0 Å². The molecule has 28 heavy (non-hydrogen) atoms. The van der Waals surface area contributed by atoms with E-state index in [-0.39, 0.29) is 5.91 Å². The smallest absolute Gasteiger partial charge is 0.271 e. The van der Waals surface area contributed by atoms with E-state index in [4.69, 9.17) is 11.6 Å². The Kier molecular flexibility index (Phi) is 5.53. The van der Waals surface area contributed by atoms with Crippen LogP contribution in [0, 0.1) is 0 Å². The zero-order valence-corrected chi connectivity index (χ0v) is 16.1. The van der Waals surface area contributed by atoms with Crippen molar-refractivity contribution in [3.63, 3.8) is 0 Å². The molecule has 3 aromatic rings. The number of hydrogen-bond acceptors (Lipinski definition) is 5. The number of nitrogens with zero attached hydrogens (tertiary/aromatic N) is 5. The lowest BCUT2D eigenvalue weighted by molar-refractivity contribution is 0.0946. The van der Waals surface area contributed by atoms with Gasteiger partial charge in [-0.1, -0.05) is 23.7 Å². The van der Waals surface area contributed by atoms with Crippen LogP contribution in [0.1, 0.15) is 35.3 Å². The molecule has 0 bridgehead atoms. The van der Waals surface area contributed by atoms with Gasteiger partial charge in [-0.3, -0.25) is 9.36 Å². The van der Waals surface area contributed by atoms with Crippen molar-refractivity contribution < 1.29 is 4.79 Å². The second-order valence-electron chi connectivity index (χ2n) is 6.76. The highest BCUT2D eigenvalue weighted by atomic mass is 35.5. The Morgan fingerprint density at radius 2 is 1.89 bits per heavy atom. The van der Waals surface area contributed by atoms with Crippen LogP contribution in [-0.2, 0) is 6.54 Å². The zero-order chi connectivity index (χ0) is 19.3. The summed E-state index contributed by atoms with van der Waals surface area (Å²) in [5, 5.41) is 3.50. The van der Waals surface area contributed by atoms with Crippen molar-refractivity contribution in [2.24, 2.45) is 0 Å². The highest BCUT2D eigenvalue weighted by Gasteiger charge is 2.14. The molecule has 144 valence electrons. The number of imidazole rings is 1. The van der Waals surface area contributed by atoms with Gasteiger partial charge in [0, 0.05) is 36.9 Å². The van der Waals surface area contributed by atoms with Crippen LogP contribution in [0.3, 0.4) is 0 Å². The topological polar surface area (TPSA) is 75.9 Å². The summed E-state index contributed by atoms with van der Waals surface area (Å²) < 4.78 is 1.74. The second-order valence-corrected chi connectivity index (χ2v) is 7.20. The summed E-state index contributed by atoms with van der Waals surface area (Å²) in [6.45, 7) is 2.41. The second kappa shape index (κ2) is 8.39. The van der Waals surface area contributed by atoms with Gasteiger partial charge in [-0.15, -0.1) is 0 Å². The maximum Gasteiger partial charge on any atom is 0.271 e. The average molecular weight is 397 g/mol. The van der Waals surface area contributed by atoms with E-state index in [1.54, 1.807) is 29.5 Å². The molecule has 1 fully saturated rings. The van der Waals surface area contributed by atoms with Crippen molar-refractivity contribution in [3.8, 4) is 5.82 Å². The predicted octanol–water partition coefficient (Wildman–Crippen LogP) is 3.24. The van der Waals surface area contributed by atoms with Crippen LogP contribution < -0.4 is 10.2 Å². The molecule has 1 amide bonds. The van der Waals surface area contributed by atoms with Crippen molar-refractivity contribution in [1.82, 2.24) is 24.8 Å². The molecule has 0 saturated carbocycles. The van der Waals surface area contributed by atoms with E-state index in [0.29, 0.717) is 23.1 Å². The number of piperidine rings is 1. The van der Waals surface area contributed by atoms with Crippen molar-refractivity contribution in [1.29, 1.82) is 0 Å². The van der Waals surface area contributed by atoms with Gasteiger partial charge in [0.05, 0.1) is 0 Å². The monoisotopic (exact) mass is 396 g/mol. The van der Waals surface area contributed by atoms with Crippen LogP contribution in [0.25, 0.3) is 5.82 Å². The van der Waals surface area contributed by atoms with Crippen LogP contribution in [0.2, 0.25) is 5.02 Å². The average Bonchev–Trinajstić information content (AvgIpc) is 3.23. The predicted molar refractivity (Wildman–Crippen MR) is 108 cm³/mol. The van der Waals surface area contributed by atoms with Crippen LogP contribution in [0.15, 0.2) is 49.2 Å². The van der Waals surface area contributed by atoms with E-state index in [1.807, 2.05) is 24.3 Å². The Hall–Kier alpha value is -2.93. The largest absolute Gasteiger partial charge is 0.356 e. The molecular weight excluding hydrogens is 376 g/mol. The zero-order valence-electron chi connectivity index (χ0n) is 15.4. The summed E-state index contributed by atoms with van der Waals surface area (Å²) in [7, 11) is 0. The molecule has 4 rings (SSSR count). The Labute approximate surface area is 168 Å². The van der Waals surface area contributed by atoms with E-state index in [2.05, 4.69) is 25.2 Å². The van der Waals surface area contributed by atoms with Gasteiger partial charge in [0.25, 0.3) is 5.91 Å². The number of hydrogen-bond donors (Lipinski definition) is 1. The lowest BCUT2D eigenvalue weighted by Gasteiger charge is -2.27. The first-order valence-electron chi connectivity index (χ1n) is 9.33. The molecule has 0 radical (unpaired) electrons. The molecule has 0 atom stereocenters. The van der Waals surface area contributed by atoms with Crippen LogP contribution in [0.5, 0.6) is 0 Å². The van der Waals surface area contributed by atoms with Crippen molar-refractivity contribution in [3.05, 3.63) is 65.5 Å². The van der Waals surface area contributed by atoms with Crippen LogP contribution in [-0.4, -0.2) is 38.5 Å². The molecule has 1 saturated heterocycles.